The van der Waals surface area contributed by atoms with Gasteiger partial charge < -0.3 is 0 Å². The van der Waals surface area contributed by atoms with Crippen LogP contribution in [0, 0.1) is 0 Å². The van der Waals surface area contributed by atoms with E-state index in [0.29, 0.717) is 0 Å². The third kappa shape index (κ3) is 20.5. The number of rotatable bonds is 26. The van der Waals surface area contributed by atoms with Crippen LogP contribution in [0.4, 0.5) is 11.4 Å². The molecule has 2 rings (SSSR count). The number of unbranched alkanes of at least 4 members (excludes halogenated alkanes) is 13. The van der Waals surface area contributed by atoms with Crippen LogP contribution in [0.5, 0.6) is 0 Å². The Morgan fingerprint density at radius 1 is 0.511 bits per heavy atom. The Labute approximate surface area is 288 Å². The van der Waals surface area contributed by atoms with Crippen molar-refractivity contribution in [2.75, 3.05) is 0 Å². The summed E-state index contributed by atoms with van der Waals surface area (Å²) >= 11 is 0. The van der Waals surface area contributed by atoms with Crippen LogP contribution >= 0.6 is 0 Å². The topological polar surface area (TPSA) is 24.7 Å². The fraction of sp³-hybridized carbons (Fsp3) is 0.571. The predicted octanol–water partition coefficient (Wildman–Crippen LogP) is 13.8. The third-order valence-corrected chi connectivity index (χ3v) is 8.30. The van der Waals surface area contributed by atoms with E-state index in [-0.39, 0.29) is 16.5 Å². The maximum atomic E-state index is 5.17. The summed E-state index contributed by atoms with van der Waals surface area (Å²) in [4.78, 5) is 10.2. The Morgan fingerprint density at radius 2 is 0.956 bits per heavy atom. The van der Waals surface area contributed by atoms with Gasteiger partial charge in [0.25, 0.3) is 0 Å². The summed E-state index contributed by atoms with van der Waals surface area (Å²) in [6, 6.07) is 17.3. The first kappa shape index (κ1) is 40.8. The minimum absolute atomic E-state index is 0. The van der Waals surface area contributed by atoms with Gasteiger partial charge in [0.2, 0.25) is 0 Å². The number of aliphatic imine (C=N–C) groups is 2. The first-order valence-corrected chi connectivity index (χ1v) is 18.4. The van der Waals surface area contributed by atoms with Crippen LogP contribution < -0.4 is 0 Å². The van der Waals surface area contributed by atoms with E-state index in [1.807, 2.05) is 6.21 Å². The molecule has 45 heavy (non-hydrogen) atoms. The first-order chi connectivity index (χ1) is 21.8. The molecule has 252 valence electrons. The molecule has 0 amide bonds. The largest absolute Gasteiger partial charge is 0.255 e. The minimum atomic E-state index is 0. The second-order valence-corrected chi connectivity index (χ2v) is 12.4. The summed E-state index contributed by atoms with van der Waals surface area (Å²) in [6.45, 7) is 6.81. The molecular formula is C42H64N2Ni. The van der Waals surface area contributed by atoms with E-state index in [9.17, 15) is 0 Å². The van der Waals surface area contributed by atoms with Crippen LogP contribution in [0.1, 0.15) is 154 Å². The van der Waals surface area contributed by atoms with E-state index in [0.717, 1.165) is 68.5 Å². The molecule has 2 aromatic carbocycles. The molecule has 0 heterocycles. The quantitative estimate of drug-likeness (QED) is 0.0417. The van der Waals surface area contributed by atoms with Crippen molar-refractivity contribution in [3.8, 4) is 0 Å². The molecule has 0 fully saturated rings. The Morgan fingerprint density at radius 3 is 1.49 bits per heavy atom. The van der Waals surface area contributed by atoms with E-state index in [4.69, 9.17) is 9.98 Å². The van der Waals surface area contributed by atoms with E-state index < -0.39 is 0 Å². The fourth-order valence-corrected chi connectivity index (χ4v) is 5.51. The molecular weight excluding hydrogens is 591 g/mol. The average Bonchev–Trinajstić information content (AvgIpc) is 3.05. The van der Waals surface area contributed by atoms with Crippen molar-refractivity contribution in [3.05, 3.63) is 84.0 Å². The number of hydrogen-bond donors (Lipinski definition) is 0. The SMILES string of the molecule is CCCCCCCC=CCCCc1ccccc1N=CC(CCCC)=Nc1ccccc1CCCC=CCCCCCCC.[Ni]. The van der Waals surface area contributed by atoms with E-state index >= 15 is 0 Å². The second kappa shape index (κ2) is 29.2. The minimum Gasteiger partial charge on any atom is -0.255 e. The Bertz CT molecular complexity index is 1100. The Kier molecular flexibility index (Phi) is 26.4. The van der Waals surface area contributed by atoms with Gasteiger partial charge in [0, 0.05) is 22.7 Å². The van der Waals surface area contributed by atoms with Crippen LogP contribution in [0.15, 0.2) is 82.8 Å². The van der Waals surface area contributed by atoms with Gasteiger partial charge in [-0.2, -0.15) is 0 Å². The zero-order valence-corrected chi connectivity index (χ0v) is 30.1. The molecule has 2 nitrogen and oxygen atoms in total. The molecule has 0 aliphatic heterocycles. The van der Waals surface area contributed by atoms with E-state index in [2.05, 4.69) is 93.6 Å². The fourth-order valence-electron chi connectivity index (χ4n) is 5.51. The zero-order valence-electron chi connectivity index (χ0n) is 29.1. The molecule has 0 unspecified atom stereocenters. The summed E-state index contributed by atoms with van der Waals surface area (Å²) in [5.74, 6) is 0. The van der Waals surface area contributed by atoms with Crippen molar-refractivity contribution in [1.29, 1.82) is 0 Å². The molecule has 0 spiro atoms. The second-order valence-electron chi connectivity index (χ2n) is 12.4. The molecule has 0 aromatic heterocycles. The maximum Gasteiger partial charge on any atom is 0.0665 e. The van der Waals surface area contributed by atoms with Gasteiger partial charge in [-0.1, -0.05) is 139 Å². The van der Waals surface area contributed by atoms with Crippen molar-refractivity contribution < 1.29 is 16.5 Å². The van der Waals surface area contributed by atoms with Gasteiger partial charge in [0.05, 0.1) is 17.1 Å². The molecule has 0 radical (unpaired) electrons. The van der Waals surface area contributed by atoms with Gasteiger partial charge in [-0.15, -0.1) is 0 Å². The van der Waals surface area contributed by atoms with Gasteiger partial charge in [-0.25, -0.2) is 0 Å². The smallest absolute Gasteiger partial charge is 0.0665 e. The first-order valence-electron chi connectivity index (χ1n) is 18.4. The Balaban J connectivity index is 0.0000101. The van der Waals surface area contributed by atoms with E-state index in [1.165, 1.54) is 94.6 Å². The number of hydrogen-bond acceptors (Lipinski definition) is 2. The number of allylic oxidation sites excluding steroid dienone is 4. The predicted molar refractivity (Wildman–Crippen MR) is 199 cm³/mol. The standard InChI is InChI=1S/C42H64N2.Ni/c1-4-7-10-12-14-16-18-20-22-24-30-38-32-26-28-35-41(38)43-37-40(34-9-6-3)44-42-36-29-27-33-39(42)31-25-23-21-19-17-15-13-11-8-5-2;/h18-21,26-29,32-33,35-37H,4-17,22-25,30-31,34H2,1-3H3;. The molecule has 0 saturated carbocycles. The number of nitrogens with zero attached hydrogens (tertiary/aromatic N) is 2. The van der Waals surface area contributed by atoms with Crippen LogP contribution in [0.25, 0.3) is 0 Å². The van der Waals surface area contributed by atoms with Crippen molar-refractivity contribution in [2.24, 2.45) is 9.98 Å². The average molecular weight is 656 g/mol. The molecule has 0 N–H and O–H groups in total. The maximum absolute atomic E-state index is 5.17. The molecule has 0 bridgehead atoms. The molecule has 0 aliphatic rings. The third-order valence-electron chi connectivity index (χ3n) is 8.30. The molecule has 2 aromatic rings. The van der Waals surface area contributed by atoms with E-state index in [1.54, 1.807) is 0 Å². The summed E-state index contributed by atoms with van der Waals surface area (Å²) < 4.78 is 0. The summed E-state index contributed by atoms with van der Waals surface area (Å²) in [6.07, 6.45) is 37.6. The van der Waals surface area contributed by atoms with Crippen LogP contribution in [0.2, 0.25) is 0 Å². The van der Waals surface area contributed by atoms with Crippen LogP contribution in [-0.2, 0) is 29.3 Å². The number of benzene rings is 2. The normalized spacial score (nSPS) is 12.1. The van der Waals surface area contributed by atoms with Gasteiger partial charge in [0.1, 0.15) is 0 Å². The summed E-state index contributed by atoms with van der Waals surface area (Å²) in [5, 5.41) is 0. The molecule has 0 aliphatic carbocycles. The van der Waals surface area contributed by atoms with Crippen molar-refractivity contribution >= 4 is 23.3 Å². The van der Waals surface area contributed by atoms with Gasteiger partial charge >= 0.3 is 0 Å². The number of para-hydroxylation sites is 2. The van der Waals surface area contributed by atoms with Crippen molar-refractivity contribution in [3.63, 3.8) is 0 Å². The summed E-state index contributed by atoms with van der Waals surface area (Å²) in [7, 11) is 0. The van der Waals surface area contributed by atoms with Gasteiger partial charge in [0.15, 0.2) is 0 Å². The Hall–Kier alpha value is -2.25. The molecule has 3 heteroatoms. The monoisotopic (exact) mass is 654 g/mol. The molecule has 0 atom stereocenters. The van der Waals surface area contributed by atoms with Crippen LogP contribution in [-0.4, -0.2) is 11.9 Å². The van der Waals surface area contributed by atoms with Gasteiger partial charge in [-0.05, 0) is 100 Å². The zero-order chi connectivity index (χ0) is 31.3. The van der Waals surface area contributed by atoms with Crippen molar-refractivity contribution in [1.82, 2.24) is 0 Å². The summed E-state index contributed by atoms with van der Waals surface area (Å²) in [5.41, 5.74) is 5.95. The molecule has 0 saturated heterocycles. The number of aryl methyl sites for hydroxylation is 2. The van der Waals surface area contributed by atoms with Crippen molar-refractivity contribution in [2.45, 2.75) is 156 Å². The van der Waals surface area contributed by atoms with Crippen LogP contribution in [0.3, 0.4) is 0 Å². The van der Waals surface area contributed by atoms with Gasteiger partial charge in [-0.3, -0.25) is 9.98 Å².